The molecule has 0 amide bonds. The lowest BCUT2D eigenvalue weighted by molar-refractivity contribution is -0.130. The summed E-state index contributed by atoms with van der Waals surface area (Å²) in [6.07, 6.45) is 5.10. The monoisotopic (exact) mass is 308 g/mol. The Labute approximate surface area is 133 Å². The predicted octanol–water partition coefficient (Wildman–Crippen LogP) is 3.59. The van der Waals surface area contributed by atoms with Gasteiger partial charge in [-0.2, -0.15) is 0 Å². The Hall–Kier alpha value is -3.08. The summed E-state index contributed by atoms with van der Waals surface area (Å²) in [4.78, 5) is 18.9. The zero-order chi connectivity index (χ0) is 16.2. The van der Waals surface area contributed by atoms with Gasteiger partial charge in [0.05, 0.1) is 12.2 Å². The molecular weight excluding hydrogens is 292 g/mol. The highest BCUT2D eigenvalue weighted by Gasteiger charge is 2.12. The number of H-pyrrole nitrogens is 1. The number of hydrogen-bond donors (Lipinski definition) is 2. The van der Waals surface area contributed by atoms with E-state index in [0.717, 1.165) is 22.3 Å². The number of aromatic nitrogens is 2. The summed E-state index contributed by atoms with van der Waals surface area (Å²) < 4.78 is 5.38. The maximum absolute atomic E-state index is 11.6. The summed E-state index contributed by atoms with van der Waals surface area (Å²) >= 11 is 0. The first-order valence-electron chi connectivity index (χ1n) is 7.29. The molecule has 0 saturated carbocycles. The van der Waals surface area contributed by atoms with Crippen molar-refractivity contribution in [3.05, 3.63) is 59.9 Å². The number of nitrogens with one attached hydrogen (secondary N) is 1. The van der Waals surface area contributed by atoms with Gasteiger partial charge in [-0.05, 0) is 42.8 Å². The van der Waals surface area contributed by atoms with E-state index in [1.807, 2.05) is 19.1 Å². The van der Waals surface area contributed by atoms with E-state index >= 15 is 0 Å². The summed E-state index contributed by atoms with van der Waals surface area (Å²) in [6, 6.07) is 10.8. The van der Waals surface area contributed by atoms with Crippen LogP contribution in [0.25, 0.3) is 22.7 Å². The van der Waals surface area contributed by atoms with Gasteiger partial charge < -0.3 is 14.8 Å². The Kier molecular flexibility index (Phi) is 4.10. The molecule has 3 aromatic rings. The number of hydrogen-bond acceptors (Lipinski definition) is 3. The van der Waals surface area contributed by atoms with E-state index in [2.05, 4.69) is 9.97 Å². The highest BCUT2D eigenvalue weighted by molar-refractivity contribution is 6.21. The molecule has 5 heteroatoms. The van der Waals surface area contributed by atoms with Crippen LogP contribution in [0, 0.1) is 0 Å². The molecule has 0 aliphatic carbocycles. The van der Waals surface area contributed by atoms with Gasteiger partial charge in [-0.15, -0.1) is 0 Å². The number of carbonyl (C=O) groups is 1. The quantitative estimate of drug-likeness (QED) is 0.706. The van der Waals surface area contributed by atoms with Crippen LogP contribution in [0.5, 0.6) is 5.75 Å². The molecule has 1 aromatic carbocycles. The summed E-state index contributed by atoms with van der Waals surface area (Å²) in [6.45, 7) is 2.48. The van der Waals surface area contributed by atoms with Crippen molar-refractivity contribution in [3.8, 4) is 5.75 Å². The van der Waals surface area contributed by atoms with Crippen molar-refractivity contribution in [2.45, 2.75) is 6.92 Å². The van der Waals surface area contributed by atoms with Crippen LogP contribution < -0.4 is 4.74 Å². The van der Waals surface area contributed by atoms with E-state index in [-0.39, 0.29) is 5.57 Å². The molecule has 0 unspecified atom stereocenters. The van der Waals surface area contributed by atoms with Crippen molar-refractivity contribution in [1.29, 1.82) is 0 Å². The summed E-state index contributed by atoms with van der Waals surface area (Å²) in [5.74, 6) is -0.260. The number of aliphatic carboxylic acids is 1. The number of nitrogens with zero attached hydrogens (tertiary/aromatic N) is 1. The van der Waals surface area contributed by atoms with Crippen molar-refractivity contribution >= 4 is 28.7 Å². The van der Waals surface area contributed by atoms with Gasteiger partial charge in [-0.25, -0.2) is 9.78 Å². The van der Waals surface area contributed by atoms with Crippen molar-refractivity contribution in [2.75, 3.05) is 6.61 Å². The van der Waals surface area contributed by atoms with E-state index in [4.69, 9.17) is 4.74 Å². The number of aromatic amines is 1. The van der Waals surface area contributed by atoms with Gasteiger partial charge in [0.1, 0.15) is 11.4 Å². The van der Waals surface area contributed by atoms with E-state index < -0.39 is 5.97 Å². The molecule has 0 bridgehead atoms. The highest BCUT2D eigenvalue weighted by atomic mass is 16.5. The van der Waals surface area contributed by atoms with Crippen LogP contribution in [0.1, 0.15) is 18.1 Å². The Morgan fingerprint density at radius 2 is 2.09 bits per heavy atom. The van der Waals surface area contributed by atoms with Crippen molar-refractivity contribution in [3.63, 3.8) is 0 Å². The Morgan fingerprint density at radius 3 is 2.78 bits per heavy atom. The third-order valence-electron chi connectivity index (χ3n) is 3.49. The van der Waals surface area contributed by atoms with Gasteiger partial charge in [0, 0.05) is 23.3 Å². The molecule has 0 radical (unpaired) electrons. The van der Waals surface area contributed by atoms with Gasteiger partial charge in [0.15, 0.2) is 0 Å². The van der Waals surface area contributed by atoms with Crippen molar-refractivity contribution in [1.82, 2.24) is 9.97 Å². The van der Waals surface area contributed by atoms with E-state index in [0.29, 0.717) is 12.2 Å². The van der Waals surface area contributed by atoms with Gasteiger partial charge in [-0.3, -0.25) is 0 Å². The lowest BCUT2D eigenvalue weighted by Crippen LogP contribution is -2.00. The third-order valence-corrected chi connectivity index (χ3v) is 3.49. The second-order valence-electron chi connectivity index (χ2n) is 4.96. The minimum atomic E-state index is -0.979. The lowest BCUT2D eigenvalue weighted by atomic mass is 10.0. The Balaban J connectivity index is 2.03. The normalized spacial score (nSPS) is 11.6. The fourth-order valence-corrected chi connectivity index (χ4v) is 2.42. The Morgan fingerprint density at radius 1 is 1.30 bits per heavy atom. The molecule has 0 saturated heterocycles. The maximum Gasteiger partial charge on any atom is 0.336 e. The topological polar surface area (TPSA) is 75.2 Å². The molecule has 0 atom stereocenters. The van der Waals surface area contributed by atoms with E-state index in [1.54, 1.807) is 42.7 Å². The van der Waals surface area contributed by atoms with Crippen LogP contribution >= 0.6 is 0 Å². The number of benzene rings is 1. The lowest BCUT2D eigenvalue weighted by Gasteiger charge is -2.06. The SMILES string of the molecule is CCOc1ccc(C(=Cc2c[nH]c3ncccc23)C(=O)O)cc1. The molecule has 0 spiro atoms. The van der Waals surface area contributed by atoms with Crippen molar-refractivity contribution in [2.24, 2.45) is 0 Å². The first-order chi connectivity index (χ1) is 11.2. The standard InChI is InChI=1S/C18H16N2O3/c1-2-23-14-7-5-12(6-8-14)16(18(21)22)10-13-11-20-17-15(13)4-3-9-19-17/h3-11H,2H2,1H3,(H,19,20)(H,21,22). The van der Waals surface area contributed by atoms with Crippen LogP contribution in [0.15, 0.2) is 48.8 Å². The molecule has 2 heterocycles. The van der Waals surface area contributed by atoms with Crippen LogP contribution in [-0.2, 0) is 4.79 Å². The minimum absolute atomic E-state index is 0.220. The molecule has 2 N–H and O–H groups in total. The molecule has 116 valence electrons. The smallest absolute Gasteiger partial charge is 0.336 e. The first-order valence-corrected chi connectivity index (χ1v) is 7.29. The van der Waals surface area contributed by atoms with Gasteiger partial charge >= 0.3 is 5.97 Å². The van der Waals surface area contributed by atoms with Crippen LogP contribution in [0.3, 0.4) is 0 Å². The second kappa shape index (κ2) is 6.36. The van der Waals surface area contributed by atoms with Gasteiger partial charge in [0.2, 0.25) is 0 Å². The Bertz CT molecular complexity index is 863. The molecule has 0 fully saturated rings. The molecule has 23 heavy (non-hydrogen) atoms. The minimum Gasteiger partial charge on any atom is -0.494 e. The number of carboxylic acid groups (broad SMARTS) is 1. The van der Waals surface area contributed by atoms with Gasteiger partial charge in [-0.1, -0.05) is 12.1 Å². The largest absolute Gasteiger partial charge is 0.494 e. The molecular formula is C18H16N2O3. The summed E-state index contributed by atoms with van der Waals surface area (Å²) in [5.41, 5.74) is 2.37. The van der Waals surface area contributed by atoms with Crippen LogP contribution in [-0.4, -0.2) is 27.7 Å². The maximum atomic E-state index is 11.6. The fourth-order valence-electron chi connectivity index (χ4n) is 2.42. The summed E-state index contributed by atoms with van der Waals surface area (Å²) in [7, 11) is 0. The number of fused-ring (bicyclic) bond motifs is 1. The third kappa shape index (κ3) is 3.08. The number of rotatable bonds is 5. The molecule has 3 rings (SSSR count). The predicted molar refractivity (Wildman–Crippen MR) is 89.2 cm³/mol. The first kappa shape index (κ1) is 14.8. The molecule has 5 nitrogen and oxygen atoms in total. The number of ether oxygens (including phenoxy) is 1. The van der Waals surface area contributed by atoms with E-state index in [1.165, 1.54) is 0 Å². The van der Waals surface area contributed by atoms with Gasteiger partial charge in [0.25, 0.3) is 0 Å². The molecule has 0 aliphatic rings. The molecule has 0 aliphatic heterocycles. The number of carboxylic acids is 1. The average Bonchev–Trinajstić information content (AvgIpc) is 2.97. The average molecular weight is 308 g/mol. The zero-order valence-electron chi connectivity index (χ0n) is 12.6. The molecule has 2 aromatic heterocycles. The van der Waals surface area contributed by atoms with Crippen LogP contribution in [0.4, 0.5) is 0 Å². The summed E-state index contributed by atoms with van der Waals surface area (Å²) in [5, 5.41) is 10.4. The number of pyridine rings is 1. The highest BCUT2D eigenvalue weighted by Crippen LogP contribution is 2.25. The van der Waals surface area contributed by atoms with Crippen molar-refractivity contribution < 1.29 is 14.6 Å². The van der Waals surface area contributed by atoms with Crippen LogP contribution in [0.2, 0.25) is 0 Å². The second-order valence-corrected chi connectivity index (χ2v) is 4.96. The zero-order valence-corrected chi connectivity index (χ0v) is 12.6. The van der Waals surface area contributed by atoms with E-state index in [9.17, 15) is 9.90 Å². The fraction of sp³-hybridized carbons (Fsp3) is 0.111.